The Kier molecular flexibility index (Phi) is 3.73. The molecule has 1 aromatic heterocycles. The Morgan fingerprint density at radius 2 is 2.00 bits per heavy atom. The quantitative estimate of drug-likeness (QED) is 0.845. The van der Waals surface area contributed by atoms with Crippen molar-refractivity contribution in [2.45, 2.75) is 20.1 Å². The zero-order valence-electron chi connectivity index (χ0n) is 9.85. The molecule has 0 aliphatic carbocycles. The molecular formula is C14H16N2O. The lowest BCUT2D eigenvalue weighted by molar-refractivity contribution is 0.282. The monoisotopic (exact) mass is 228 g/mol. The van der Waals surface area contributed by atoms with Gasteiger partial charge in [-0.25, -0.2) is 0 Å². The molecule has 0 unspecified atom stereocenters. The molecule has 0 aliphatic heterocycles. The van der Waals surface area contributed by atoms with Gasteiger partial charge < -0.3 is 10.4 Å². The first-order valence-electron chi connectivity index (χ1n) is 5.64. The molecule has 0 fully saturated rings. The zero-order chi connectivity index (χ0) is 12.1. The van der Waals surface area contributed by atoms with Crippen molar-refractivity contribution in [3.05, 3.63) is 59.4 Å². The Balaban J connectivity index is 2.04. The Hall–Kier alpha value is -1.87. The lowest BCUT2D eigenvalue weighted by Gasteiger charge is -2.10. The van der Waals surface area contributed by atoms with Crippen LogP contribution in [0.1, 0.15) is 16.8 Å². The van der Waals surface area contributed by atoms with Gasteiger partial charge in [0.15, 0.2) is 0 Å². The van der Waals surface area contributed by atoms with E-state index in [2.05, 4.69) is 16.4 Å². The SMILES string of the molecule is Cc1ccc(CNc2ccccc2CO)cn1. The standard InChI is InChI=1S/C14H16N2O/c1-11-6-7-12(8-15-11)9-16-14-5-3-2-4-13(14)10-17/h2-8,16-17H,9-10H2,1H3. The number of nitrogens with one attached hydrogen (secondary N) is 1. The molecule has 3 nitrogen and oxygen atoms in total. The van der Waals surface area contributed by atoms with Crippen LogP contribution in [0.2, 0.25) is 0 Å². The fourth-order valence-corrected chi connectivity index (χ4v) is 1.63. The molecule has 88 valence electrons. The van der Waals surface area contributed by atoms with Crippen molar-refractivity contribution in [3.8, 4) is 0 Å². The van der Waals surface area contributed by atoms with E-state index < -0.39 is 0 Å². The zero-order valence-corrected chi connectivity index (χ0v) is 9.85. The molecule has 0 radical (unpaired) electrons. The summed E-state index contributed by atoms with van der Waals surface area (Å²) in [7, 11) is 0. The van der Waals surface area contributed by atoms with E-state index in [0.717, 1.165) is 22.5 Å². The van der Waals surface area contributed by atoms with Gasteiger partial charge in [0, 0.05) is 29.7 Å². The number of para-hydroxylation sites is 1. The van der Waals surface area contributed by atoms with Gasteiger partial charge in [-0.1, -0.05) is 24.3 Å². The largest absolute Gasteiger partial charge is 0.392 e. The molecule has 0 bridgehead atoms. The van der Waals surface area contributed by atoms with Crippen molar-refractivity contribution in [2.24, 2.45) is 0 Å². The third-order valence-electron chi connectivity index (χ3n) is 2.64. The number of rotatable bonds is 4. The lowest BCUT2D eigenvalue weighted by atomic mass is 10.2. The summed E-state index contributed by atoms with van der Waals surface area (Å²) < 4.78 is 0. The summed E-state index contributed by atoms with van der Waals surface area (Å²) in [5.41, 5.74) is 4.02. The van der Waals surface area contributed by atoms with E-state index in [4.69, 9.17) is 0 Å². The highest BCUT2D eigenvalue weighted by Gasteiger charge is 2.00. The molecule has 2 rings (SSSR count). The van der Waals surface area contributed by atoms with Crippen molar-refractivity contribution in [3.63, 3.8) is 0 Å². The highest BCUT2D eigenvalue weighted by molar-refractivity contribution is 5.50. The summed E-state index contributed by atoms with van der Waals surface area (Å²) in [5.74, 6) is 0. The van der Waals surface area contributed by atoms with Crippen LogP contribution in [-0.2, 0) is 13.2 Å². The van der Waals surface area contributed by atoms with Crippen LogP contribution in [0, 0.1) is 6.92 Å². The van der Waals surface area contributed by atoms with Gasteiger partial charge in [0.05, 0.1) is 6.61 Å². The molecule has 0 atom stereocenters. The third kappa shape index (κ3) is 3.04. The maximum absolute atomic E-state index is 9.20. The first-order valence-corrected chi connectivity index (χ1v) is 5.64. The number of nitrogens with zero attached hydrogens (tertiary/aromatic N) is 1. The van der Waals surface area contributed by atoms with Crippen LogP contribution < -0.4 is 5.32 Å². The van der Waals surface area contributed by atoms with E-state index in [1.807, 2.05) is 43.5 Å². The summed E-state index contributed by atoms with van der Waals surface area (Å²) in [6, 6.07) is 11.8. The van der Waals surface area contributed by atoms with Crippen molar-refractivity contribution in [2.75, 3.05) is 5.32 Å². The van der Waals surface area contributed by atoms with Gasteiger partial charge in [-0.3, -0.25) is 4.98 Å². The number of hydrogen-bond donors (Lipinski definition) is 2. The maximum atomic E-state index is 9.20. The predicted octanol–water partition coefficient (Wildman–Crippen LogP) is 2.49. The third-order valence-corrected chi connectivity index (χ3v) is 2.64. The fraction of sp³-hybridized carbons (Fsp3) is 0.214. The van der Waals surface area contributed by atoms with Crippen molar-refractivity contribution >= 4 is 5.69 Å². The van der Waals surface area contributed by atoms with Crippen molar-refractivity contribution < 1.29 is 5.11 Å². The normalized spacial score (nSPS) is 10.2. The average molecular weight is 228 g/mol. The van der Waals surface area contributed by atoms with Gasteiger partial charge in [-0.2, -0.15) is 0 Å². The maximum Gasteiger partial charge on any atom is 0.0701 e. The number of aryl methyl sites for hydroxylation is 1. The molecule has 0 spiro atoms. The van der Waals surface area contributed by atoms with E-state index in [0.29, 0.717) is 6.54 Å². The summed E-state index contributed by atoms with van der Waals surface area (Å²) in [6.45, 7) is 2.73. The van der Waals surface area contributed by atoms with Crippen LogP contribution in [-0.4, -0.2) is 10.1 Å². The summed E-state index contributed by atoms with van der Waals surface area (Å²) in [4.78, 5) is 4.24. The molecule has 1 heterocycles. The molecule has 0 aliphatic rings. The first kappa shape index (κ1) is 11.6. The second-order valence-corrected chi connectivity index (χ2v) is 3.98. The van der Waals surface area contributed by atoms with Crippen LogP contribution in [0.5, 0.6) is 0 Å². The Morgan fingerprint density at radius 1 is 1.18 bits per heavy atom. The Labute approximate surface area is 101 Å². The highest BCUT2D eigenvalue weighted by Crippen LogP contribution is 2.15. The van der Waals surface area contributed by atoms with Crippen LogP contribution in [0.15, 0.2) is 42.6 Å². The van der Waals surface area contributed by atoms with Crippen LogP contribution in [0.25, 0.3) is 0 Å². The summed E-state index contributed by atoms with van der Waals surface area (Å²) >= 11 is 0. The van der Waals surface area contributed by atoms with E-state index in [1.165, 1.54) is 0 Å². The molecule has 0 saturated carbocycles. The van der Waals surface area contributed by atoms with Crippen molar-refractivity contribution in [1.82, 2.24) is 4.98 Å². The van der Waals surface area contributed by atoms with Gasteiger partial charge in [-0.05, 0) is 24.6 Å². The fourth-order valence-electron chi connectivity index (χ4n) is 1.63. The summed E-state index contributed by atoms with van der Waals surface area (Å²) in [5, 5.41) is 12.5. The molecule has 1 aromatic carbocycles. The number of hydrogen-bond acceptors (Lipinski definition) is 3. The molecule has 0 saturated heterocycles. The van der Waals surface area contributed by atoms with E-state index >= 15 is 0 Å². The van der Waals surface area contributed by atoms with Gasteiger partial charge in [-0.15, -0.1) is 0 Å². The Bertz CT molecular complexity index is 480. The molecule has 2 N–H and O–H groups in total. The Morgan fingerprint density at radius 3 is 2.71 bits per heavy atom. The second-order valence-electron chi connectivity index (χ2n) is 3.98. The average Bonchev–Trinajstić information content (AvgIpc) is 2.38. The second kappa shape index (κ2) is 5.46. The van der Waals surface area contributed by atoms with E-state index in [1.54, 1.807) is 0 Å². The minimum Gasteiger partial charge on any atom is -0.392 e. The van der Waals surface area contributed by atoms with E-state index in [-0.39, 0.29) is 6.61 Å². The number of aliphatic hydroxyl groups is 1. The highest BCUT2D eigenvalue weighted by atomic mass is 16.3. The molecule has 2 aromatic rings. The predicted molar refractivity (Wildman–Crippen MR) is 68.7 cm³/mol. The van der Waals surface area contributed by atoms with Crippen LogP contribution >= 0.6 is 0 Å². The lowest BCUT2D eigenvalue weighted by Crippen LogP contribution is -2.02. The molecule has 17 heavy (non-hydrogen) atoms. The van der Waals surface area contributed by atoms with E-state index in [9.17, 15) is 5.11 Å². The topological polar surface area (TPSA) is 45.1 Å². The summed E-state index contributed by atoms with van der Waals surface area (Å²) in [6.07, 6.45) is 1.86. The number of aliphatic hydroxyl groups excluding tert-OH is 1. The smallest absolute Gasteiger partial charge is 0.0701 e. The van der Waals surface area contributed by atoms with Crippen LogP contribution in [0.3, 0.4) is 0 Å². The minimum atomic E-state index is 0.0509. The minimum absolute atomic E-state index is 0.0509. The van der Waals surface area contributed by atoms with Crippen molar-refractivity contribution in [1.29, 1.82) is 0 Å². The van der Waals surface area contributed by atoms with Crippen LogP contribution in [0.4, 0.5) is 5.69 Å². The molecule has 0 amide bonds. The molecular weight excluding hydrogens is 212 g/mol. The first-order chi connectivity index (χ1) is 8.29. The number of pyridine rings is 1. The number of aromatic nitrogens is 1. The number of benzene rings is 1. The van der Waals surface area contributed by atoms with Gasteiger partial charge >= 0.3 is 0 Å². The van der Waals surface area contributed by atoms with Gasteiger partial charge in [0.1, 0.15) is 0 Å². The molecule has 3 heteroatoms. The van der Waals surface area contributed by atoms with Gasteiger partial charge in [0.25, 0.3) is 0 Å². The number of anilines is 1. The van der Waals surface area contributed by atoms with Gasteiger partial charge in [0.2, 0.25) is 0 Å².